The number of nitrogens with zero attached hydrogens (tertiary/aromatic N) is 1. The number of piperidine rings is 1. The van der Waals surface area contributed by atoms with Crippen molar-refractivity contribution >= 4 is 11.6 Å². The summed E-state index contributed by atoms with van der Waals surface area (Å²) >= 11 is 5.85. The van der Waals surface area contributed by atoms with Gasteiger partial charge in [-0.1, -0.05) is 30.2 Å². The summed E-state index contributed by atoms with van der Waals surface area (Å²) in [6, 6.07) is 8.05. The minimum atomic E-state index is 0.807. The Kier molecular flexibility index (Phi) is 5.30. The van der Waals surface area contributed by atoms with Crippen molar-refractivity contribution in [1.82, 2.24) is 10.2 Å². The summed E-state index contributed by atoms with van der Waals surface area (Å²) in [6.07, 6.45) is 4.16. The van der Waals surface area contributed by atoms with Gasteiger partial charge in [-0.2, -0.15) is 0 Å². The summed E-state index contributed by atoms with van der Waals surface area (Å²) in [5, 5.41) is 4.29. The van der Waals surface area contributed by atoms with Gasteiger partial charge in [0.25, 0.3) is 0 Å². The first-order chi connectivity index (χ1) is 8.34. The summed E-state index contributed by atoms with van der Waals surface area (Å²) in [5.41, 5.74) is 1.30. The van der Waals surface area contributed by atoms with E-state index in [4.69, 9.17) is 11.6 Å². The highest BCUT2D eigenvalue weighted by molar-refractivity contribution is 6.30. The zero-order chi connectivity index (χ0) is 11.9. The van der Waals surface area contributed by atoms with E-state index in [2.05, 4.69) is 22.3 Å². The Morgan fingerprint density at radius 3 is 2.47 bits per heavy atom. The van der Waals surface area contributed by atoms with Gasteiger partial charge >= 0.3 is 0 Å². The molecule has 0 unspecified atom stereocenters. The molecular weight excluding hydrogens is 232 g/mol. The monoisotopic (exact) mass is 252 g/mol. The van der Waals surface area contributed by atoms with Crippen molar-refractivity contribution in [3.63, 3.8) is 0 Å². The van der Waals surface area contributed by atoms with Crippen LogP contribution in [0.15, 0.2) is 24.3 Å². The van der Waals surface area contributed by atoms with E-state index in [-0.39, 0.29) is 0 Å². The van der Waals surface area contributed by atoms with Crippen LogP contribution in [0.4, 0.5) is 0 Å². The van der Waals surface area contributed by atoms with E-state index in [9.17, 15) is 0 Å². The van der Waals surface area contributed by atoms with Gasteiger partial charge < -0.3 is 10.2 Å². The van der Waals surface area contributed by atoms with Crippen molar-refractivity contribution in [1.29, 1.82) is 0 Å². The molecule has 0 spiro atoms. The Labute approximate surface area is 109 Å². The normalized spacial score (nSPS) is 17.2. The van der Waals surface area contributed by atoms with Crippen molar-refractivity contribution in [3.8, 4) is 0 Å². The lowest BCUT2D eigenvalue weighted by molar-refractivity contribution is 0.229. The summed E-state index contributed by atoms with van der Waals surface area (Å²) in [4.78, 5) is 2.55. The fourth-order valence-electron chi connectivity index (χ4n) is 2.26. The van der Waals surface area contributed by atoms with Gasteiger partial charge in [-0.05, 0) is 43.6 Å². The molecule has 1 fully saturated rings. The Hall–Kier alpha value is -0.570. The van der Waals surface area contributed by atoms with Crippen LogP contribution in [0.1, 0.15) is 24.8 Å². The zero-order valence-corrected chi connectivity index (χ0v) is 11.0. The van der Waals surface area contributed by atoms with E-state index in [1.807, 2.05) is 12.1 Å². The number of benzene rings is 1. The van der Waals surface area contributed by atoms with Crippen LogP contribution in [-0.2, 0) is 6.54 Å². The SMILES string of the molecule is Clc1ccc(CNCCN2CCCCC2)cc1. The van der Waals surface area contributed by atoms with Gasteiger partial charge in [0, 0.05) is 24.7 Å². The van der Waals surface area contributed by atoms with Crippen molar-refractivity contribution in [2.75, 3.05) is 26.2 Å². The lowest BCUT2D eigenvalue weighted by Gasteiger charge is -2.26. The third kappa shape index (κ3) is 4.66. The first-order valence-electron chi connectivity index (χ1n) is 6.52. The fourth-order valence-corrected chi connectivity index (χ4v) is 2.38. The van der Waals surface area contributed by atoms with Gasteiger partial charge in [0.15, 0.2) is 0 Å². The Balaban J connectivity index is 1.60. The van der Waals surface area contributed by atoms with Crippen LogP contribution in [0.5, 0.6) is 0 Å². The van der Waals surface area contributed by atoms with E-state index in [0.717, 1.165) is 18.1 Å². The molecule has 1 aromatic carbocycles. The molecule has 2 nitrogen and oxygen atoms in total. The molecule has 1 heterocycles. The quantitative estimate of drug-likeness (QED) is 0.811. The molecule has 0 aromatic heterocycles. The molecule has 0 atom stereocenters. The number of hydrogen-bond donors (Lipinski definition) is 1. The molecule has 2 rings (SSSR count). The minimum Gasteiger partial charge on any atom is -0.311 e. The number of halogens is 1. The maximum absolute atomic E-state index is 5.85. The predicted molar refractivity (Wildman–Crippen MR) is 73.4 cm³/mol. The second-order valence-electron chi connectivity index (χ2n) is 4.71. The van der Waals surface area contributed by atoms with Crippen LogP contribution in [0.2, 0.25) is 5.02 Å². The molecule has 17 heavy (non-hydrogen) atoms. The van der Waals surface area contributed by atoms with Crippen LogP contribution in [0.3, 0.4) is 0 Å². The summed E-state index contributed by atoms with van der Waals surface area (Å²) in [7, 11) is 0. The highest BCUT2D eigenvalue weighted by Crippen LogP contribution is 2.09. The molecule has 94 valence electrons. The Morgan fingerprint density at radius 2 is 1.76 bits per heavy atom. The van der Waals surface area contributed by atoms with Crippen molar-refractivity contribution in [3.05, 3.63) is 34.9 Å². The molecule has 0 radical (unpaired) electrons. The second-order valence-corrected chi connectivity index (χ2v) is 5.14. The first kappa shape index (κ1) is 12.9. The van der Waals surface area contributed by atoms with Gasteiger partial charge in [0.2, 0.25) is 0 Å². The van der Waals surface area contributed by atoms with Gasteiger partial charge in [-0.3, -0.25) is 0 Å². The highest BCUT2D eigenvalue weighted by atomic mass is 35.5. The molecule has 3 heteroatoms. The highest BCUT2D eigenvalue weighted by Gasteiger charge is 2.08. The lowest BCUT2D eigenvalue weighted by atomic mass is 10.1. The van der Waals surface area contributed by atoms with E-state index < -0.39 is 0 Å². The standard InChI is InChI=1S/C14H21ClN2/c15-14-6-4-13(5-7-14)12-16-8-11-17-9-2-1-3-10-17/h4-7,16H,1-3,8-12H2. The van der Waals surface area contributed by atoms with E-state index in [0.29, 0.717) is 0 Å². The molecule has 0 saturated carbocycles. The number of hydrogen-bond acceptors (Lipinski definition) is 2. The largest absolute Gasteiger partial charge is 0.311 e. The zero-order valence-electron chi connectivity index (χ0n) is 10.3. The van der Waals surface area contributed by atoms with Crippen molar-refractivity contribution < 1.29 is 0 Å². The third-order valence-electron chi connectivity index (χ3n) is 3.30. The van der Waals surface area contributed by atoms with E-state index in [1.165, 1.54) is 44.5 Å². The summed E-state index contributed by atoms with van der Waals surface area (Å²) < 4.78 is 0. The van der Waals surface area contributed by atoms with Crippen LogP contribution in [-0.4, -0.2) is 31.1 Å². The smallest absolute Gasteiger partial charge is 0.0406 e. The Bertz CT molecular complexity index is 317. The van der Waals surface area contributed by atoms with Gasteiger partial charge in [0.1, 0.15) is 0 Å². The first-order valence-corrected chi connectivity index (χ1v) is 6.90. The molecule has 1 aromatic rings. The van der Waals surface area contributed by atoms with Crippen LogP contribution < -0.4 is 5.32 Å². The second kappa shape index (κ2) is 7.00. The van der Waals surface area contributed by atoms with Gasteiger partial charge in [-0.25, -0.2) is 0 Å². The third-order valence-corrected chi connectivity index (χ3v) is 3.55. The molecule has 0 bridgehead atoms. The number of nitrogens with one attached hydrogen (secondary N) is 1. The molecule has 0 aliphatic carbocycles. The van der Waals surface area contributed by atoms with Crippen molar-refractivity contribution in [2.24, 2.45) is 0 Å². The van der Waals surface area contributed by atoms with E-state index >= 15 is 0 Å². The molecular formula is C14H21ClN2. The molecule has 1 saturated heterocycles. The van der Waals surface area contributed by atoms with Crippen molar-refractivity contribution in [2.45, 2.75) is 25.8 Å². The van der Waals surface area contributed by atoms with Gasteiger partial charge in [0.05, 0.1) is 0 Å². The topological polar surface area (TPSA) is 15.3 Å². The molecule has 0 amide bonds. The van der Waals surface area contributed by atoms with E-state index in [1.54, 1.807) is 0 Å². The maximum atomic E-state index is 5.85. The number of likely N-dealkylation sites (tertiary alicyclic amines) is 1. The van der Waals surface area contributed by atoms with Gasteiger partial charge in [-0.15, -0.1) is 0 Å². The average molecular weight is 253 g/mol. The molecule has 1 aliphatic rings. The predicted octanol–water partition coefficient (Wildman–Crippen LogP) is 2.92. The molecule has 1 aliphatic heterocycles. The maximum Gasteiger partial charge on any atom is 0.0406 e. The summed E-state index contributed by atoms with van der Waals surface area (Å²) in [5.74, 6) is 0. The Morgan fingerprint density at radius 1 is 1.06 bits per heavy atom. The minimum absolute atomic E-state index is 0.807. The van der Waals surface area contributed by atoms with Crippen LogP contribution in [0, 0.1) is 0 Å². The number of rotatable bonds is 5. The molecule has 1 N–H and O–H groups in total. The average Bonchev–Trinajstić information content (AvgIpc) is 2.38. The van der Waals surface area contributed by atoms with Crippen LogP contribution in [0.25, 0.3) is 0 Å². The van der Waals surface area contributed by atoms with Crippen LogP contribution >= 0.6 is 11.6 Å². The summed E-state index contributed by atoms with van der Waals surface area (Å²) in [6.45, 7) is 5.74. The fraction of sp³-hybridized carbons (Fsp3) is 0.571. The lowest BCUT2D eigenvalue weighted by Crippen LogP contribution is -2.35.